The Morgan fingerprint density at radius 3 is 2.33 bits per heavy atom. The second-order valence-corrected chi connectivity index (χ2v) is 6.58. The lowest BCUT2D eigenvalue weighted by Crippen LogP contribution is -2.10. The van der Waals surface area contributed by atoms with E-state index in [1.54, 1.807) is 6.07 Å². The maximum absolute atomic E-state index is 6.05. The molecule has 112 valence electrons. The molecule has 0 saturated heterocycles. The smallest absolute Gasteiger partial charge is 0.135 e. The summed E-state index contributed by atoms with van der Waals surface area (Å²) in [5, 5.41) is 3.76. The molecule has 0 spiro atoms. The van der Waals surface area contributed by atoms with Crippen LogP contribution in [-0.2, 0) is 11.8 Å². The van der Waals surface area contributed by atoms with E-state index in [9.17, 15) is 0 Å². The summed E-state index contributed by atoms with van der Waals surface area (Å²) in [4.78, 5) is 8.71. The van der Waals surface area contributed by atoms with Crippen LogP contribution < -0.4 is 5.32 Å². The first-order valence-corrected chi connectivity index (χ1v) is 7.67. The Hall–Kier alpha value is -1.61. The number of nitrogens with zero attached hydrogens (tertiary/aromatic N) is 2. The Morgan fingerprint density at radius 1 is 1.10 bits per heavy atom. The van der Waals surface area contributed by atoms with Gasteiger partial charge in [0, 0.05) is 18.2 Å². The Morgan fingerprint density at radius 2 is 1.76 bits per heavy atom. The van der Waals surface area contributed by atoms with Crippen LogP contribution in [0.25, 0.3) is 0 Å². The van der Waals surface area contributed by atoms with E-state index in [4.69, 9.17) is 11.6 Å². The minimum Gasteiger partial charge on any atom is -0.340 e. The third kappa shape index (κ3) is 4.43. The molecule has 21 heavy (non-hydrogen) atoms. The van der Waals surface area contributed by atoms with Crippen LogP contribution >= 0.6 is 11.6 Å². The molecule has 1 heterocycles. The highest BCUT2D eigenvalue weighted by molar-refractivity contribution is 6.29. The van der Waals surface area contributed by atoms with Crippen molar-refractivity contribution in [2.24, 2.45) is 0 Å². The fourth-order valence-electron chi connectivity index (χ4n) is 2.07. The molecule has 1 N–H and O–H groups in total. The number of aryl methyl sites for hydroxylation is 1. The zero-order chi connectivity index (χ0) is 15.5. The molecule has 0 aliphatic heterocycles. The number of anilines is 2. The minimum atomic E-state index is 0.158. The predicted octanol–water partition coefficient (Wildman–Crippen LogP) is 5.12. The molecule has 0 radical (unpaired) electrons. The topological polar surface area (TPSA) is 37.8 Å². The zero-order valence-corrected chi connectivity index (χ0v) is 13.8. The first-order valence-electron chi connectivity index (χ1n) is 7.29. The van der Waals surface area contributed by atoms with E-state index in [-0.39, 0.29) is 5.41 Å². The van der Waals surface area contributed by atoms with Crippen molar-refractivity contribution in [2.75, 3.05) is 5.32 Å². The molecule has 3 nitrogen and oxygen atoms in total. The number of hydrogen-bond donors (Lipinski definition) is 1. The van der Waals surface area contributed by atoms with Crippen LogP contribution in [0, 0.1) is 0 Å². The van der Waals surface area contributed by atoms with Gasteiger partial charge in [-0.3, -0.25) is 0 Å². The quantitative estimate of drug-likeness (QED) is 0.796. The van der Waals surface area contributed by atoms with E-state index < -0.39 is 0 Å². The summed E-state index contributed by atoms with van der Waals surface area (Å²) in [5.41, 5.74) is 2.46. The van der Waals surface area contributed by atoms with Gasteiger partial charge in [0.05, 0.1) is 0 Å². The Labute approximate surface area is 131 Å². The lowest BCUT2D eigenvalue weighted by atomic mass is 9.87. The summed E-state index contributed by atoms with van der Waals surface area (Å²) >= 11 is 6.05. The van der Waals surface area contributed by atoms with Gasteiger partial charge in [0.2, 0.25) is 0 Å². The van der Waals surface area contributed by atoms with Crippen molar-refractivity contribution >= 4 is 23.1 Å². The molecule has 0 aliphatic carbocycles. The van der Waals surface area contributed by atoms with Crippen LogP contribution in [0.1, 0.15) is 45.5 Å². The number of rotatable bonds is 4. The summed E-state index contributed by atoms with van der Waals surface area (Å²) in [7, 11) is 0. The fraction of sp³-hybridized carbons (Fsp3) is 0.412. The Kier molecular flexibility index (Phi) is 4.84. The molecule has 0 bridgehead atoms. The van der Waals surface area contributed by atoms with Crippen LogP contribution in [-0.4, -0.2) is 9.97 Å². The predicted molar refractivity (Wildman–Crippen MR) is 89.5 cm³/mol. The van der Waals surface area contributed by atoms with Gasteiger partial charge in [-0.2, -0.15) is 0 Å². The van der Waals surface area contributed by atoms with Gasteiger partial charge in [0.15, 0.2) is 0 Å². The highest BCUT2D eigenvalue weighted by Gasteiger charge is 2.13. The molecular formula is C17H22ClN3. The number of nitrogens with one attached hydrogen (secondary N) is 1. The third-order valence-electron chi connectivity index (χ3n) is 3.24. The SMILES string of the molecule is CCCc1nc(Cl)cc(Nc2ccc(C(C)(C)C)cc2)n1. The molecule has 1 aromatic heterocycles. The Balaban J connectivity index is 2.18. The monoisotopic (exact) mass is 303 g/mol. The molecule has 0 saturated carbocycles. The van der Waals surface area contributed by atoms with Gasteiger partial charge < -0.3 is 5.32 Å². The second-order valence-electron chi connectivity index (χ2n) is 6.19. The lowest BCUT2D eigenvalue weighted by molar-refractivity contribution is 0.590. The van der Waals surface area contributed by atoms with Crippen LogP contribution in [0.3, 0.4) is 0 Å². The van der Waals surface area contributed by atoms with E-state index in [0.717, 1.165) is 30.2 Å². The van der Waals surface area contributed by atoms with Gasteiger partial charge in [0.1, 0.15) is 16.8 Å². The highest BCUT2D eigenvalue weighted by atomic mass is 35.5. The molecular weight excluding hydrogens is 282 g/mol. The van der Waals surface area contributed by atoms with E-state index in [1.807, 2.05) is 0 Å². The lowest BCUT2D eigenvalue weighted by Gasteiger charge is -2.19. The number of halogens is 1. The maximum atomic E-state index is 6.05. The van der Waals surface area contributed by atoms with E-state index in [0.29, 0.717) is 5.15 Å². The van der Waals surface area contributed by atoms with Crippen molar-refractivity contribution in [2.45, 2.75) is 46.0 Å². The second kappa shape index (κ2) is 6.44. The maximum Gasteiger partial charge on any atom is 0.135 e. The molecule has 1 aromatic carbocycles. The largest absolute Gasteiger partial charge is 0.340 e. The summed E-state index contributed by atoms with van der Waals surface area (Å²) in [6.45, 7) is 8.71. The van der Waals surface area contributed by atoms with Gasteiger partial charge >= 0.3 is 0 Å². The van der Waals surface area contributed by atoms with Crippen LogP contribution in [0.5, 0.6) is 0 Å². The summed E-state index contributed by atoms with van der Waals surface area (Å²) in [5.74, 6) is 1.51. The third-order valence-corrected chi connectivity index (χ3v) is 3.43. The average molecular weight is 304 g/mol. The molecule has 2 rings (SSSR count). The molecule has 0 unspecified atom stereocenters. The van der Waals surface area contributed by atoms with Crippen molar-refractivity contribution in [3.8, 4) is 0 Å². The van der Waals surface area contributed by atoms with E-state index in [2.05, 4.69) is 67.2 Å². The van der Waals surface area contributed by atoms with Crippen molar-refractivity contribution < 1.29 is 0 Å². The fourth-order valence-corrected chi connectivity index (χ4v) is 2.27. The first-order chi connectivity index (χ1) is 9.88. The molecule has 0 amide bonds. The molecule has 0 atom stereocenters. The van der Waals surface area contributed by atoms with Crippen LogP contribution in [0.2, 0.25) is 5.15 Å². The first kappa shape index (κ1) is 15.8. The van der Waals surface area contributed by atoms with Gasteiger partial charge in [-0.25, -0.2) is 9.97 Å². The summed E-state index contributed by atoms with van der Waals surface area (Å²) in [6, 6.07) is 10.2. The molecule has 0 aliphatic rings. The van der Waals surface area contributed by atoms with Gasteiger partial charge in [0.25, 0.3) is 0 Å². The van der Waals surface area contributed by atoms with Gasteiger partial charge in [-0.15, -0.1) is 0 Å². The minimum absolute atomic E-state index is 0.158. The van der Waals surface area contributed by atoms with E-state index in [1.165, 1.54) is 5.56 Å². The number of benzene rings is 1. The van der Waals surface area contributed by atoms with Gasteiger partial charge in [-0.05, 0) is 29.5 Å². The standard InChI is InChI=1S/C17H22ClN3/c1-5-6-15-20-14(18)11-16(21-15)19-13-9-7-12(8-10-13)17(2,3)4/h7-11H,5-6H2,1-4H3,(H,19,20,21). The molecule has 0 fully saturated rings. The van der Waals surface area contributed by atoms with Crippen LogP contribution in [0.4, 0.5) is 11.5 Å². The summed E-state index contributed by atoms with van der Waals surface area (Å²) < 4.78 is 0. The molecule has 2 aromatic rings. The van der Waals surface area contributed by atoms with Crippen molar-refractivity contribution in [1.29, 1.82) is 0 Å². The van der Waals surface area contributed by atoms with E-state index >= 15 is 0 Å². The average Bonchev–Trinajstić information content (AvgIpc) is 2.38. The van der Waals surface area contributed by atoms with Crippen molar-refractivity contribution in [3.63, 3.8) is 0 Å². The summed E-state index contributed by atoms with van der Waals surface area (Å²) in [6.07, 6.45) is 1.83. The normalized spacial score (nSPS) is 11.5. The zero-order valence-electron chi connectivity index (χ0n) is 13.1. The number of aromatic nitrogens is 2. The van der Waals surface area contributed by atoms with Crippen LogP contribution in [0.15, 0.2) is 30.3 Å². The van der Waals surface area contributed by atoms with Crippen molar-refractivity contribution in [1.82, 2.24) is 9.97 Å². The van der Waals surface area contributed by atoms with Gasteiger partial charge in [-0.1, -0.05) is 51.4 Å². The molecule has 4 heteroatoms. The highest BCUT2D eigenvalue weighted by Crippen LogP contribution is 2.25. The van der Waals surface area contributed by atoms with Crippen molar-refractivity contribution in [3.05, 3.63) is 46.9 Å². The Bertz CT molecular complexity index is 600. The number of hydrogen-bond acceptors (Lipinski definition) is 3.